The summed E-state index contributed by atoms with van der Waals surface area (Å²) in [7, 11) is -1.48. The van der Waals surface area contributed by atoms with Crippen LogP contribution in [-0.2, 0) is 14.9 Å². The number of rotatable bonds is 4. The van der Waals surface area contributed by atoms with Crippen LogP contribution in [0.4, 0.5) is 24.5 Å². The number of carbonyl (C=O) groups is 1. The van der Waals surface area contributed by atoms with Gasteiger partial charge >= 0.3 is 16.2 Å². The lowest BCUT2D eigenvalue weighted by atomic mass is 10.0. The van der Waals surface area contributed by atoms with Crippen molar-refractivity contribution < 1.29 is 31.1 Å². The lowest BCUT2D eigenvalue weighted by Crippen LogP contribution is -2.37. The van der Waals surface area contributed by atoms with Crippen LogP contribution in [-0.4, -0.2) is 41.0 Å². The maximum Gasteiger partial charge on any atom is 0.337 e. The molecule has 0 radical (unpaired) electrons. The summed E-state index contributed by atoms with van der Waals surface area (Å²) in [6, 6.07) is 8.12. The van der Waals surface area contributed by atoms with Gasteiger partial charge in [0.2, 0.25) is 0 Å². The highest BCUT2D eigenvalue weighted by molar-refractivity contribution is 7.94. The highest BCUT2D eigenvalue weighted by atomic mass is 32.2. The molecule has 2 aromatic carbocycles. The average Bonchev–Trinajstić information content (AvgIpc) is 3.25. The van der Waals surface area contributed by atoms with Gasteiger partial charge in [-0.15, -0.1) is 0 Å². The van der Waals surface area contributed by atoms with Gasteiger partial charge in [0.05, 0.1) is 24.0 Å². The van der Waals surface area contributed by atoms with Gasteiger partial charge in [0, 0.05) is 31.5 Å². The molecule has 1 fully saturated rings. The average molecular weight is 426 g/mol. The second kappa shape index (κ2) is 6.38. The van der Waals surface area contributed by atoms with Crippen LogP contribution in [0.15, 0.2) is 36.4 Å². The second-order valence-electron chi connectivity index (χ2n) is 7.06. The van der Waals surface area contributed by atoms with E-state index < -0.39 is 33.8 Å². The molecular weight excluding hydrogens is 409 g/mol. The fraction of sp³-hybridized carbons (Fsp3) is 0.316. The zero-order valence-corrected chi connectivity index (χ0v) is 16.3. The first kappa shape index (κ1) is 19.6. The molecule has 0 spiro atoms. The Balaban J connectivity index is 1.75. The molecule has 154 valence electrons. The molecule has 6 nitrogen and oxygen atoms in total. The number of carbonyl (C=O) groups excluding carboxylic acids is 1. The molecule has 4 rings (SSSR count). The number of hydrogen-bond donors (Lipinski definition) is 0. The smallest absolute Gasteiger partial charge is 0.337 e. The fourth-order valence-corrected chi connectivity index (χ4v) is 4.86. The van der Waals surface area contributed by atoms with Gasteiger partial charge in [0.1, 0.15) is 5.82 Å². The van der Waals surface area contributed by atoms with Crippen molar-refractivity contribution in [2.75, 3.05) is 29.3 Å². The number of esters is 1. The number of methoxy groups -OCH3 is 1. The van der Waals surface area contributed by atoms with Crippen molar-refractivity contribution in [3.8, 4) is 11.1 Å². The van der Waals surface area contributed by atoms with Crippen LogP contribution >= 0.6 is 0 Å². The van der Waals surface area contributed by atoms with E-state index in [1.807, 2.05) is 0 Å². The second-order valence-corrected chi connectivity index (χ2v) is 8.94. The van der Waals surface area contributed by atoms with Gasteiger partial charge in [-0.3, -0.25) is 8.61 Å². The van der Waals surface area contributed by atoms with Gasteiger partial charge < -0.3 is 4.74 Å². The maximum absolute atomic E-state index is 14.4. The molecule has 0 bridgehead atoms. The highest BCUT2D eigenvalue weighted by Crippen LogP contribution is 2.51. The number of alkyl halides is 2. The third-order valence-electron chi connectivity index (χ3n) is 5.25. The van der Waals surface area contributed by atoms with Gasteiger partial charge in [0.25, 0.3) is 5.92 Å². The van der Waals surface area contributed by atoms with Crippen LogP contribution in [0, 0.1) is 11.7 Å². The molecule has 0 amide bonds. The van der Waals surface area contributed by atoms with E-state index in [0.29, 0.717) is 5.56 Å². The number of ether oxygens (including phenoxy) is 1. The summed E-state index contributed by atoms with van der Waals surface area (Å²) >= 11 is 0. The lowest BCUT2D eigenvalue weighted by molar-refractivity contribution is 0.0600. The molecule has 29 heavy (non-hydrogen) atoms. The van der Waals surface area contributed by atoms with Crippen LogP contribution in [0.25, 0.3) is 11.1 Å². The Bertz CT molecular complexity index is 1120. The van der Waals surface area contributed by atoms with Crippen molar-refractivity contribution in [3.05, 3.63) is 47.8 Å². The van der Waals surface area contributed by atoms with Crippen molar-refractivity contribution in [2.24, 2.45) is 5.92 Å². The van der Waals surface area contributed by atoms with E-state index in [4.69, 9.17) is 0 Å². The van der Waals surface area contributed by atoms with Gasteiger partial charge in [-0.05, 0) is 35.9 Å². The number of benzene rings is 2. The van der Waals surface area contributed by atoms with Crippen LogP contribution in [0.3, 0.4) is 0 Å². The van der Waals surface area contributed by atoms with E-state index in [9.17, 15) is 26.4 Å². The van der Waals surface area contributed by atoms with Crippen LogP contribution < -0.4 is 8.61 Å². The summed E-state index contributed by atoms with van der Waals surface area (Å²) in [5, 5.41) is 0. The number of halogens is 3. The molecule has 0 aromatic heterocycles. The Labute approximate surface area is 165 Å². The number of anilines is 2. The Morgan fingerprint density at radius 3 is 2.52 bits per heavy atom. The number of fused-ring (bicyclic) bond motifs is 1. The van der Waals surface area contributed by atoms with Crippen LogP contribution in [0.5, 0.6) is 0 Å². The molecule has 0 saturated heterocycles. The van der Waals surface area contributed by atoms with Crippen LogP contribution in [0.1, 0.15) is 16.8 Å². The normalized spacial score (nSPS) is 21.1. The zero-order chi connectivity index (χ0) is 21.1. The minimum absolute atomic E-state index is 0.0914. The van der Waals surface area contributed by atoms with Gasteiger partial charge in [-0.1, -0.05) is 6.07 Å². The van der Waals surface area contributed by atoms with Crippen LogP contribution in [0.2, 0.25) is 0 Å². The Morgan fingerprint density at radius 1 is 1.21 bits per heavy atom. The molecule has 1 atom stereocenters. The standard InChI is InChI=1S/C19H17F3N2O4S/c1-23-17-8-11(14-7-12(18(25)28-2)3-5-15(14)20)4-6-16(17)24(29(23,26)27)10-13-9-19(13,21)22/h3-8,13H,9-10H2,1-2H3. The first-order valence-corrected chi connectivity index (χ1v) is 10.1. The molecule has 0 N–H and O–H groups in total. The van der Waals surface area contributed by atoms with Gasteiger partial charge in [-0.2, -0.15) is 8.42 Å². The minimum atomic E-state index is -4.00. The van der Waals surface area contributed by atoms with Gasteiger partial charge in [-0.25, -0.2) is 18.0 Å². The zero-order valence-electron chi connectivity index (χ0n) is 15.5. The van der Waals surface area contributed by atoms with E-state index in [2.05, 4.69) is 4.74 Å². The van der Waals surface area contributed by atoms with Crippen molar-refractivity contribution >= 4 is 27.6 Å². The maximum atomic E-state index is 14.4. The molecule has 1 saturated carbocycles. The summed E-state index contributed by atoms with van der Waals surface area (Å²) in [6.45, 7) is -0.321. The predicted octanol–water partition coefficient (Wildman–Crippen LogP) is 3.44. The van der Waals surface area contributed by atoms with E-state index >= 15 is 0 Å². The molecule has 10 heteroatoms. The summed E-state index contributed by atoms with van der Waals surface area (Å²) < 4.78 is 73.0. The number of nitrogens with zero attached hydrogens (tertiary/aromatic N) is 2. The van der Waals surface area contributed by atoms with E-state index in [-0.39, 0.29) is 35.5 Å². The van der Waals surface area contributed by atoms with E-state index in [1.54, 1.807) is 0 Å². The van der Waals surface area contributed by atoms with E-state index in [1.165, 1.54) is 44.5 Å². The molecule has 1 heterocycles. The molecule has 2 aliphatic rings. The first-order chi connectivity index (χ1) is 13.6. The lowest BCUT2D eigenvalue weighted by Gasteiger charge is -2.18. The summed E-state index contributed by atoms with van der Waals surface area (Å²) in [5.41, 5.74) is 1.07. The quantitative estimate of drug-likeness (QED) is 0.703. The minimum Gasteiger partial charge on any atom is -0.465 e. The predicted molar refractivity (Wildman–Crippen MR) is 101 cm³/mol. The number of hydrogen-bond acceptors (Lipinski definition) is 4. The molecule has 1 aliphatic heterocycles. The third kappa shape index (κ3) is 3.11. The van der Waals surface area contributed by atoms with Gasteiger partial charge in [0.15, 0.2) is 0 Å². The molecular formula is C19H17F3N2O4S. The Kier molecular flexibility index (Phi) is 4.30. The highest BCUT2D eigenvalue weighted by Gasteiger charge is 2.59. The molecule has 1 unspecified atom stereocenters. The fourth-order valence-electron chi connectivity index (χ4n) is 3.40. The van der Waals surface area contributed by atoms with E-state index in [0.717, 1.165) is 14.7 Å². The molecule has 2 aromatic rings. The summed E-state index contributed by atoms with van der Waals surface area (Å²) in [4.78, 5) is 11.7. The first-order valence-electron chi connectivity index (χ1n) is 8.73. The third-order valence-corrected chi connectivity index (χ3v) is 7.04. The Morgan fingerprint density at radius 2 is 1.90 bits per heavy atom. The van der Waals surface area contributed by atoms with Crippen molar-refractivity contribution in [1.29, 1.82) is 0 Å². The summed E-state index contributed by atoms with van der Waals surface area (Å²) in [5.74, 6) is -5.11. The summed E-state index contributed by atoms with van der Waals surface area (Å²) in [6.07, 6.45) is -0.346. The largest absolute Gasteiger partial charge is 0.465 e. The van der Waals surface area contributed by atoms with Crippen molar-refractivity contribution in [2.45, 2.75) is 12.3 Å². The topological polar surface area (TPSA) is 66.9 Å². The SMILES string of the molecule is COC(=O)c1ccc(F)c(-c2ccc3c(c2)N(C)S(=O)(=O)N3CC2CC2(F)F)c1. The molecule has 1 aliphatic carbocycles. The Hall–Kier alpha value is -2.75. The van der Waals surface area contributed by atoms with Crippen molar-refractivity contribution in [1.82, 2.24) is 0 Å². The van der Waals surface area contributed by atoms with Crippen molar-refractivity contribution in [3.63, 3.8) is 0 Å². The monoisotopic (exact) mass is 426 g/mol.